The van der Waals surface area contributed by atoms with E-state index in [4.69, 9.17) is 19.9 Å². The fourth-order valence-corrected chi connectivity index (χ4v) is 6.98. The van der Waals surface area contributed by atoms with Gasteiger partial charge in [0.25, 0.3) is 0 Å². The van der Waals surface area contributed by atoms with Gasteiger partial charge in [0.1, 0.15) is 11.5 Å². The molecule has 246 valence electrons. The maximum Gasteiger partial charge on any atom is 0.249 e. The highest BCUT2D eigenvalue weighted by Gasteiger charge is 2.20. The summed E-state index contributed by atoms with van der Waals surface area (Å²) in [5.74, 6) is 2.73. The molecule has 7 nitrogen and oxygen atoms in total. The van der Waals surface area contributed by atoms with Crippen molar-refractivity contribution in [2.24, 2.45) is 7.05 Å². The van der Waals surface area contributed by atoms with Gasteiger partial charge in [-0.25, -0.2) is 24.5 Å². The molecule has 0 saturated heterocycles. The Bertz CT molecular complexity index is 2750. The van der Waals surface area contributed by atoms with Crippen LogP contribution < -0.4 is 4.57 Å². The van der Waals surface area contributed by atoms with E-state index < -0.39 is 0 Å². The second-order valence-corrected chi connectivity index (χ2v) is 14.0. The zero-order valence-corrected chi connectivity index (χ0v) is 29.0. The molecule has 0 aliphatic heterocycles. The molecule has 0 aliphatic carbocycles. The lowest BCUT2D eigenvalue weighted by Gasteiger charge is -2.20. The first-order chi connectivity index (χ1) is 24.8. The van der Waals surface area contributed by atoms with Crippen molar-refractivity contribution in [1.29, 1.82) is 0 Å². The number of hydrogen-bond acceptors (Lipinski definition) is 4. The molecule has 0 spiro atoms. The van der Waals surface area contributed by atoms with Gasteiger partial charge in [-0.15, -0.1) is 0 Å². The first-order valence-electron chi connectivity index (χ1n) is 17.2. The van der Waals surface area contributed by atoms with Crippen molar-refractivity contribution in [2.75, 3.05) is 0 Å². The van der Waals surface area contributed by atoms with E-state index in [0.717, 1.165) is 55.6 Å². The summed E-state index contributed by atoms with van der Waals surface area (Å²) in [5.41, 5.74) is 9.43. The molecule has 9 aromatic rings. The van der Waals surface area contributed by atoms with Crippen LogP contribution in [-0.4, -0.2) is 29.1 Å². The topological polar surface area (TPSA) is 65.3 Å². The molecule has 7 heteroatoms. The Labute approximate surface area is 296 Å². The Balaban J connectivity index is 1.24. The Morgan fingerprint density at radius 1 is 0.549 bits per heavy atom. The quantitative estimate of drug-likeness (QED) is 0.172. The van der Waals surface area contributed by atoms with Crippen LogP contribution in [0.25, 0.3) is 78.5 Å². The maximum atomic E-state index is 5.15. The largest absolute Gasteiger partial charge is 0.294 e. The fourth-order valence-electron chi connectivity index (χ4n) is 6.98. The smallest absolute Gasteiger partial charge is 0.249 e. The van der Waals surface area contributed by atoms with E-state index >= 15 is 0 Å². The molecule has 0 radical (unpaired) electrons. The third kappa shape index (κ3) is 5.34. The van der Waals surface area contributed by atoms with Crippen molar-refractivity contribution >= 4 is 32.8 Å². The Hall–Kier alpha value is -6.47. The average molecular weight is 663 g/mol. The highest BCUT2D eigenvalue weighted by atomic mass is 15.1. The van der Waals surface area contributed by atoms with E-state index in [2.05, 4.69) is 151 Å². The van der Waals surface area contributed by atoms with Crippen LogP contribution >= 0.6 is 0 Å². The molecule has 9 rings (SSSR count). The highest BCUT2D eigenvalue weighted by molar-refractivity contribution is 6.10. The summed E-state index contributed by atoms with van der Waals surface area (Å²) in [6, 6.07) is 46.2. The van der Waals surface area contributed by atoms with E-state index in [-0.39, 0.29) is 5.41 Å². The molecule has 0 N–H and O–H groups in total. The maximum absolute atomic E-state index is 5.15. The van der Waals surface area contributed by atoms with Gasteiger partial charge >= 0.3 is 0 Å². The van der Waals surface area contributed by atoms with Crippen LogP contribution in [0.15, 0.2) is 146 Å². The lowest BCUT2D eigenvalue weighted by atomic mass is 9.88. The number of hydrogen-bond donors (Lipinski definition) is 0. The fraction of sp³-hybridized carbons (Fsp3) is 0.114. The first-order valence-corrected chi connectivity index (χ1v) is 17.2. The minimum absolute atomic E-state index is 0.0137. The molecule has 0 fully saturated rings. The number of rotatable bonds is 5. The molecular weight excluding hydrogens is 627 g/mol. The van der Waals surface area contributed by atoms with E-state index in [9.17, 15) is 0 Å². The molecule has 5 aromatic carbocycles. The molecule has 0 atom stereocenters. The van der Waals surface area contributed by atoms with Gasteiger partial charge in [-0.1, -0.05) is 106 Å². The summed E-state index contributed by atoms with van der Waals surface area (Å²) >= 11 is 0. The summed E-state index contributed by atoms with van der Waals surface area (Å²) in [4.78, 5) is 20.2. The van der Waals surface area contributed by atoms with Crippen molar-refractivity contribution in [3.05, 3.63) is 152 Å². The van der Waals surface area contributed by atoms with Gasteiger partial charge in [-0.3, -0.25) is 4.57 Å². The minimum atomic E-state index is -0.0137. The van der Waals surface area contributed by atoms with Gasteiger partial charge in [0.15, 0.2) is 28.5 Å². The predicted octanol–water partition coefficient (Wildman–Crippen LogP) is 9.43. The molecule has 51 heavy (non-hydrogen) atoms. The minimum Gasteiger partial charge on any atom is -0.294 e. The standard InChI is InChI=1S/C44H36N7/c1-44(2,3)32-23-24-45-40(27-32)51-36-18-9-8-17-34(36)35-22-21-31(26-39(35)51)43-47-41(29-13-6-5-7-14-29)46-42(48-43)30-15-12-16-33(25-30)50-28-49(4)37-19-10-11-20-38(37)50/h5-28H,1-4H3/q+1. The van der Waals surface area contributed by atoms with Gasteiger partial charge in [0.05, 0.1) is 18.1 Å². The molecule has 0 bridgehead atoms. The third-order valence-corrected chi connectivity index (χ3v) is 9.63. The van der Waals surface area contributed by atoms with Crippen LogP contribution in [0, 0.1) is 0 Å². The number of para-hydroxylation sites is 3. The van der Waals surface area contributed by atoms with Crippen LogP contribution in [0.3, 0.4) is 0 Å². The van der Waals surface area contributed by atoms with Gasteiger partial charge < -0.3 is 0 Å². The lowest BCUT2D eigenvalue weighted by molar-refractivity contribution is -0.645. The van der Waals surface area contributed by atoms with Gasteiger partial charge in [0, 0.05) is 33.7 Å². The summed E-state index contributed by atoms with van der Waals surface area (Å²) in [5, 5.41) is 2.32. The number of aromatic nitrogens is 7. The van der Waals surface area contributed by atoms with Gasteiger partial charge in [0.2, 0.25) is 6.33 Å². The van der Waals surface area contributed by atoms with E-state index in [1.54, 1.807) is 0 Å². The molecule has 0 amide bonds. The van der Waals surface area contributed by atoms with Crippen LogP contribution in [0.2, 0.25) is 0 Å². The molecule has 0 saturated carbocycles. The van der Waals surface area contributed by atoms with E-state index in [1.165, 1.54) is 10.9 Å². The summed E-state index contributed by atoms with van der Waals surface area (Å²) in [6.45, 7) is 6.69. The van der Waals surface area contributed by atoms with Crippen molar-refractivity contribution in [3.63, 3.8) is 0 Å². The number of imidazole rings is 1. The second kappa shape index (κ2) is 11.8. The summed E-state index contributed by atoms with van der Waals surface area (Å²) in [6.07, 6.45) is 4.02. The average Bonchev–Trinajstić information content (AvgIpc) is 3.69. The molecule has 4 aromatic heterocycles. The zero-order chi connectivity index (χ0) is 34.7. The van der Waals surface area contributed by atoms with Crippen molar-refractivity contribution < 1.29 is 4.57 Å². The number of pyridine rings is 1. The lowest BCUT2D eigenvalue weighted by Crippen LogP contribution is -2.25. The Morgan fingerprint density at radius 2 is 1.20 bits per heavy atom. The Kier molecular flexibility index (Phi) is 7.10. The van der Waals surface area contributed by atoms with Crippen molar-refractivity contribution in [2.45, 2.75) is 26.2 Å². The molecule has 4 heterocycles. The Morgan fingerprint density at radius 3 is 1.98 bits per heavy atom. The molecular formula is C44H36N7+. The zero-order valence-electron chi connectivity index (χ0n) is 29.0. The van der Waals surface area contributed by atoms with Gasteiger partial charge in [-0.05, 0) is 59.5 Å². The first kappa shape index (κ1) is 30.6. The van der Waals surface area contributed by atoms with Crippen LogP contribution in [-0.2, 0) is 12.5 Å². The summed E-state index contributed by atoms with van der Waals surface area (Å²) < 4.78 is 6.60. The van der Waals surface area contributed by atoms with Crippen LogP contribution in [0.4, 0.5) is 0 Å². The van der Waals surface area contributed by atoms with Crippen LogP contribution in [0.5, 0.6) is 0 Å². The number of nitrogens with zero attached hydrogens (tertiary/aromatic N) is 7. The summed E-state index contributed by atoms with van der Waals surface area (Å²) in [7, 11) is 2.07. The molecule has 0 unspecified atom stereocenters. The molecule has 0 aliphatic rings. The predicted molar refractivity (Wildman–Crippen MR) is 205 cm³/mol. The second-order valence-electron chi connectivity index (χ2n) is 14.0. The van der Waals surface area contributed by atoms with Gasteiger partial charge in [-0.2, -0.15) is 4.57 Å². The van der Waals surface area contributed by atoms with Crippen molar-refractivity contribution in [1.82, 2.24) is 29.1 Å². The van der Waals surface area contributed by atoms with E-state index in [1.807, 2.05) is 36.5 Å². The number of benzene rings is 5. The number of fused-ring (bicyclic) bond motifs is 4. The normalized spacial score (nSPS) is 11.9. The number of aryl methyl sites for hydroxylation is 1. The third-order valence-electron chi connectivity index (χ3n) is 9.63. The van der Waals surface area contributed by atoms with Crippen LogP contribution in [0.1, 0.15) is 26.3 Å². The highest BCUT2D eigenvalue weighted by Crippen LogP contribution is 2.35. The monoisotopic (exact) mass is 662 g/mol. The van der Waals surface area contributed by atoms with Crippen molar-refractivity contribution in [3.8, 4) is 45.7 Å². The van der Waals surface area contributed by atoms with E-state index in [0.29, 0.717) is 17.5 Å². The SMILES string of the molecule is C[n+]1cn(-c2cccc(-c3nc(-c4ccccc4)nc(-c4ccc5c6ccccc6n(-c6cc(C(C)(C)C)ccn6)c5c4)n3)c2)c2ccccc21.